The monoisotopic (exact) mass is 297 g/mol. The Bertz CT molecular complexity index is 497. The number of nitrogens with one attached hydrogen (secondary N) is 1. The summed E-state index contributed by atoms with van der Waals surface area (Å²) in [6.07, 6.45) is 1.65. The molecule has 0 aromatic heterocycles. The number of hydrogen-bond donors (Lipinski definition) is 2. The molecule has 0 spiro atoms. The molecule has 2 rings (SSSR count). The molecular weight excluding hydrogens is 270 g/mol. The van der Waals surface area contributed by atoms with Gasteiger partial charge >= 0.3 is 0 Å². The van der Waals surface area contributed by atoms with Crippen LogP contribution in [0.5, 0.6) is 0 Å². The fraction of sp³-hybridized carbons (Fsp3) is 0.400. The SMILES string of the molecule is CC(C)CNCCCC(O)(c1ccccc1)c1ccccc1. The Labute approximate surface area is 134 Å². The smallest absolute Gasteiger partial charge is 0.115 e. The van der Waals surface area contributed by atoms with E-state index in [1.54, 1.807) is 0 Å². The highest BCUT2D eigenvalue weighted by Crippen LogP contribution is 2.33. The van der Waals surface area contributed by atoms with Gasteiger partial charge in [-0.25, -0.2) is 0 Å². The maximum absolute atomic E-state index is 11.3. The zero-order chi connectivity index (χ0) is 15.8. The van der Waals surface area contributed by atoms with Gasteiger partial charge < -0.3 is 10.4 Å². The molecule has 0 aliphatic carbocycles. The molecule has 0 bridgehead atoms. The second-order valence-electron chi connectivity index (χ2n) is 6.29. The van der Waals surface area contributed by atoms with Crippen LogP contribution in [0.3, 0.4) is 0 Å². The minimum Gasteiger partial charge on any atom is -0.380 e. The first-order valence-electron chi connectivity index (χ1n) is 8.17. The molecule has 2 heteroatoms. The van der Waals surface area contributed by atoms with Gasteiger partial charge in [0.2, 0.25) is 0 Å². The van der Waals surface area contributed by atoms with E-state index in [4.69, 9.17) is 0 Å². The van der Waals surface area contributed by atoms with E-state index in [0.29, 0.717) is 12.3 Å². The Morgan fingerprint density at radius 1 is 0.909 bits per heavy atom. The normalized spacial score (nSPS) is 11.8. The maximum Gasteiger partial charge on any atom is 0.115 e. The first-order chi connectivity index (χ1) is 10.6. The summed E-state index contributed by atoms with van der Waals surface area (Å²) in [6, 6.07) is 19.9. The van der Waals surface area contributed by atoms with Crippen LogP contribution in [0.1, 0.15) is 37.8 Å². The van der Waals surface area contributed by atoms with Crippen LogP contribution in [0.15, 0.2) is 60.7 Å². The quantitative estimate of drug-likeness (QED) is 0.723. The third kappa shape index (κ3) is 4.43. The van der Waals surface area contributed by atoms with E-state index in [1.165, 1.54) is 0 Å². The minimum absolute atomic E-state index is 0.655. The van der Waals surface area contributed by atoms with Gasteiger partial charge in [0.1, 0.15) is 5.60 Å². The van der Waals surface area contributed by atoms with Gasteiger partial charge in [-0.05, 0) is 43.0 Å². The van der Waals surface area contributed by atoms with Crippen LogP contribution in [0.25, 0.3) is 0 Å². The Morgan fingerprint density at radius 3 is 1.86 bits per heavy atom. The Hall–Kier alpha value is -1.64. The number of hydrogen-bond acceptors (Lipinski definition) is 2. The van der Waals surface area contributed by atoms with Crippen molar-refractivity contribution in [2.75, 3.05) is 13.1 Å². The molecule has 0 radical (unpaired) electrons. The molecule has 0 aliphatic heterocycles. The average molecular weight is 297 g/mol. The van der Waals surface area contributed by atoms with Crippen LogP contribution in [0.4, 0.5) is 0 Å². The Kier molecular flexibility index (Phi) is 6.17. The van der Waals surface area contributed by atoms with Crippen molar-refractivity contribution in [2.24, 2.45) is 5.92 Å². The van der Waals surface area contributed by atoms with E-state index in [-0.39, 0.29) is 0 Å². The average Bonchev–Trinajstić information content (AvgIpc) is 2.55. The van der Waals surface area contributed by atoms with Gasteiger partial charge in [0.05, 0.1) is 0 Å². The summed E-state index contributed by atoms with van der Waals surface area (Å²) < 4.78 is 0. The van der Waals surface area contributed by atoms with Crippen molar-refractivity contribution in [3.8, 4) is 0 Å². The van der Waals surface area contributed by atoms with Gasteiger partial charge in [0.15, 0.2) is 0 Å². The highest BCUT2D eigenvalue weighted by molar-refractivity contribution is 5.35. The van der Waals surface area contributed by atoms with E-state index in [9.17, 15) is 5.11 Å². The summed E-state index contributed by atoms with van der Waals surface area (Å²) in [5.74, 6) is 0.655. The summed E-state index contributed by atoms with van der Waals surface area (Å²) >= 11 is 0. The molecule has 2 nitrogen and oxygen atoms in total. The van der Waals surface area contributed by atoms with Crippen molar-refractivity contribution < 1.29 is 5.11 Å². The van der Waals surface area contributed by atoms with Crippen LogP contribution in [-0.4, -0.2) is 18.2 Å². The molecule has 0 heterocycles. The fourth-order valence-electron chi connectivity index (χ4n) is 2.74. The lowest BCUT2D eigenvalue weighted by Gasteiger charge is -2.29. The van der Waals surface area contributed by atoms with Crippen molar-refractivity contribution in [1.29, 1.82) is 0 Å². The summed E-state index contributed by atoms with van der Waals surface area (Å²) in [4.78, 5) is 0. The molecule has 0 unspecified atom stereocenters. The Balaban J connectivity index is 2.10. The van der Waals surface area contributed by atoms with Gasteiger partial charge in [0.25, 0.3) is 0 Å². The second kappa shape index (κ2) is 8.11. The third-order valence-electron chi connectivity index (χ3n) is 3.95. The van der Waals surface area contributed by atoms with Crippen molar-refractivity contribution >= 4 is 0 Å². The molecule has 2 aromatic carbocycles. The van der Waals surface area contributed by atoms with Gasteiger partial charge in [-0.15, -0.1) is 0 Å². The molecule has 0 atom stereocenters. The molecule has 0 amide bonds. The van der Waals surface area contributed by atoms with Gasteiger partial charge in [0, 0.05) is 0 Å². The van der Waals surface area contributed by atoms with Crippen LogP contribution in [-0.2, 0) is 5.60 Å². The largest absolute Gasteiger partial charge is 0.380 e. The number of aliphatic hydroxyl groups is 1. The zero-order valence-corrected chi connectivity index (χ0v) is 13.6. The summed E-state index contributed by atoms with van der Waals surface area (Å²) in [5.41, 5.74) is 1.01. The maximum atomic E-state index is 11.3. The van der Waals surface area contributed by atoms with Crippen molar-refractivity contribution in [3.05, 3.63) is 71.8 Å². The molecular formula is C20H27NO. The minimum atomic E-state index is -0.915. The molecule has 2 N–H and O–H groups in total. The van der Waals surface area contributed by atoms with Crippen molar-refractivity contribution in [2.45, 2.75) is 32.3 Å². The predicted octanol–water partition coefficient (Wildman–Crippen LogP) is 3.95. The van der Waals surface area contributed by atoms with E-state index in [2.05, 4.69) is 19.2 Å². The standard InChI is InChI=1S/C20H27NO/c1-17(2)16-21-15-9-14-20(22,18-10-5-3-6-11-18)19-12-7-4-8-13-19/h3-8,10-13,17,21-22H,9,14-16H2,1-2H3. The molecule has 2 aromatic rings. The van der Waals surface area contributed by atoms with E-state index >= 15 is 0 Å². The number of benzene rings is 2. The Morgan fingerprint density at radius 2 is 1.41 bits per heavy atom. The first-order valence-corrected chi connectivity index (χ1v) is 8.17. The number of rotatable bonds is 8. The van der Waals surface area contributed by atoms with Crippen LogP contribution in [0, 0.1) is 5.92 Å². The topological polar surface area (TPSA) is 32.3 Å². The van der Waals surface area contributed by atoms with E-state index in [1.807, 2.05) is 60.7 Å². The van der Waals surface area contributed by atoms with Gasteiger partial charge in [-0.1, -0.05) is 74.5 Å². The van der Waals surface area contributed by atoms with Gasteiger partial charge in [-0.3, -0.25) is 0 Å². The molecule has 0 aliphatic rings. The van der Waals surface area contributed by atoms with Crippen LogP contribution >= 0.6 is 0 Å². The molecule has 118 valence electrons. The summed E-state index contributed by atoms with van der Waals surface area (Å²) in [7, 11) is 0. The highest BCUT2D eigenvalue weighted by Gasteiger charge is 2.30. The zero-order valence-electron chi connectivity index (χ0n) is 13.6. The molecule has 22 heavy (non-hydrogen) atoms. The van der Waals surface area contributed by atoms with Crippen molar-refractivity contribution in [1.82, 2.24) is 5.32 Å². The lowest BCUT2D eigenvalue weighted by molar-refractivity contribution is 0.0687. The molecule has 0 fully saturated rings. The lowest BCUT2D eigenvalue weighted by Crippen LogP contribution is -2.29. The summed E-state index contributed by atoms with van der Waals surface area (Å²) in [6.45, 7) is 6.36. The summed E-state index contributed by atoms with van der Waals surface area (Å²) in [5, 5.41) is 14.8. The predicted molar refractivity (Wildman–Crippen MR) is 92.8 cm³/mol. The van der Waals surface area contributed by atoms with Crippen molar-refractivity contribution in [3.63, 3.8) is 0 Å². The molecule has 0 saturated heterocycles. The van der Waals surface area contributed by atoms with Crippen LogP contribution in [0.2, 0.25) is 0 Å². The highest BCUT2D eigenvalue weighted by atomic mass is 16.3. The van der Waals surface area contributed by atoms with E-state index in [0.717, 1.165) is 30.6 Å². The van der Waals surface area contributed by atoms with E-state index < -0.39 is 5.60 Å². The van der Waals surface area contributed by atoms with Crippen LogP contribution < -0.4 is 5.32 Å². The third-order valence-corrected chi connectivity index (χ3v) is 3.95. The lowest BCUT2D eigenvalue weighted by atomic mass is 9.82. The van der Waals surface area contributed by atoms with Gasteiger partial charge in [-0.2, -0.15) is 0 Å². The fourth-order valence-corrected chi connectivity index (χ4v) is 2.74. The molecule has 0 saturated carbocycles. The second-order valence-corrected chi connectivity index (χ2v) is 6.29. The first kappa shape index (κ1) is 16.7.